The van der Waals surface area contributed by atoms with Crippen LogP contribution in [0.2, 0.25) is 0 Å². The highest BCUT2D eigenvalue weighted by Gasteiger charge is 2.35. The van der Waals surface area contributed by atoms with E-state index in [9.17, 15) is 0 Å². The van der Waals surface area contributed by atoms with Crippen LogP contribution >= 0.6 is 28.3 Å². The maximum absolute atomic E-state index is 2.52. The molecule has 0 fully saturated rings. The lowest BCUT2D eigenvalue weighted by Crippen LogP contribution is -2.29. The molecule has 2 heteroatoms. The minimum Gasteiger partial charge on any atom is -0.0622 e. The molecule has 0 heterocycles. The number of hydrogen-bond acceptors (Lipinski definition) is 0. The molecule has 0 amide bonds. The van der Waals surface area contributed by atoms with Crippen LogP contribution in [-0.4, -0.2) is 6.16 Å². The average molecular weight is 613 g/mol. The highest BCUT2D eigenvalue weighted by Crippen LogP contribution is 2.43. The highest BCUT2D eigenvalue weighted by molar-refractivity contribution is 14.2. The second kappa shape index (κ2) is 18.1. The van der Waals surface area contributed by atoms with Crippen molar-refractivity contribution in [3.63, 3.8) is 0 Å². The van der Waals surface area contributed by atoms with Gasteiger partial charge in [-0.1, -0.05) is 196 Å². The Morgan fingerprint density at radius 3 is 1.06 bits per heavy atom. The maximum atomic E-state index is 2.52. The standard InChI is InChI=1S/C34H46IP/c35-36-30-22-11-9-7-5-3-1-2-4-6-8-10-21-29-34(31-23-15-12-16-24-31,32-25-17-13-18-26-32)33-27-19-14-20-28-33/h12-20,23-28,36H,1-11,21-22,29-30H2. The van der Waals surface area contributed by atoms with Gasteiger partial charge < -0.3 is 0 Å². The summed E-state index contributed by atoms with van der Waals surface area (Å²) in [5, 5.41) is 0. The fourth-order valence-electron chi connectivity index (χ4n) is 5.63. The molecule has 3 rings (SSSR count). The summed E-state index contributed by atoms with van der Waals surface area (Å²) in [4.78, 5) is 0. The predicted molar refractivity (Wildman–Crippen MR) is 171 cm³/mol. The van der Waals surface area contributed by atoms with Crippen molar-refractivity contribution in [3.05, 3.63) is 108 Å². The molecule has 0 aliphatic heterocycles. The van der Waals surface area contributed by atoms with Crippen molar-refractivity contribution in [2.45, 2.75) is 95.3 Å². The Balaban J connectivity index is 1.45. The zero-order valence-electron chi connectivity index (χ0n) is 22.1. The molecule has 1 atom stereocenters. The van der Waals surface area contributed by atoms with E-state index in [0.717, 1.165) is 12.6 Å². The SMILES string of the molecule is IPCCCCCCCCCCCCCCCC(c1ccccc1)(c1ccccc1)c1ccccc1. The summed E-state index contributed by atoms with van der Waals surface area (Å²) in [5.74, 6) is 0. The first-order chi connectivity index (χ1) is 17.9. The van der Waals surface area contributed by atoms with E-state index >= 15 is 0 Å². The van der Waals surface area contributed by atoms with Crippen molar-refractivity contribution in [1.82, 2.24) is 0 Å². The first kappa shape index (κ1) is 29.4. The smallest absolute Gasteiger partial charge is 0.0451 e. The van der Waals surface area contributed by atoms with Crippen LogP contribution in [0.15, 0.2) is 91.0 Å². The Kier molecular flexibility index (Phi) is 14.8. The largest absolute Gasteiger partial charge is 0.0622 e. The molecule has 0 saturated carbocycles. The van der Waals surface area contributed by atoms with Crippen LogP contribution in [0.25, 0.3) is 0 Å². The van der Waals surface area contributed by atoms with E-state index in [1.165, 1.54) is 106 Å². The quantitative estimate of drug-likeness (QED) is 0.0547. The molecule has 0 N–H and O–H groups in total. The van der Waals surface area contributed by atoms with Crippen LogP contribution in [0.1, 0.15) is 107 Å². The summed E-state index contributed by atoms with van der Waals surface area (Å²) in [7, 11) is 0. The van der Waals surface area contributed by atoms with Crippen LogP contribution < -0.4 is 0 Å². The molecule has 1 unspecified atom stereocenters. The van der Waals surface area contributed by atoms with Crippen LogP contribution in [0, 0.1) is 0 Å². The molecule has 0 nitrogen and oxygen atoms in total. The normalized spacial score (nSPS) is 11.9. The Morgan fingerprint density at radius 2 is 0.722 bits per heavy atom. The van der Waals surface area contributed by atoms with E-state index in [1.807, 2.05) is 0 Å². The third-order valence-electron chi connectivity index (χ3n) is 7.62. The number of halogens is 1. The summed E-state index contributed by atoms with van der Waals surface area (Å²) in [6.45, 7) is 0. The van der Waals surface area contributed by atoms with Crippen molar-refractivity contribution in [3.8, 4) is 0 Å². The molecule has 0 radical (unpaired) electrons. The minimum atomic E-state index is -0.0830. The number of unbranched alkanes of at least 4 members (excludes halogenated alkanes) is 12. The van der Waals surface area contributed by atoms with E-state index in [0.29, 0.717) is 0 Å². The first-order valence-electron chi connectivity index (χ1n) is 14.4. The summed E-state index contributed by atoms with van der Waals surface area (Å²) in [6, 6.07) is 33.5. The molecule has 0 bridgehead atoms. The van der Waals surface area contributed by atoms with E-state index in [-0.39, 0.29) is 5.41 Å². The third-order valence-corrected chi connectivity index (χ3v) is 9.78. The molecule has 194 valence electrons. The lowest BCUT2D eigenvalue weighted by atomic mass is 9.66. The predicted octanol–water partition coefficient (Wildman–Crippen LogP) is 11.5. The molecule has 0 saturated heterocycles. The van der Waals surface area contributed by atoms with Gasteiger partial charge in [-0.05, 0) is 35.7 Å². The molecular weight excluding hydrogens is 566 g/mol. The fourth-order valence-corrected chi connectivity index (χ4v) is 7.16. The van der Waals surface area contributed by atoms with Gasteiger partial charge in [-0.3, -0.25) is 0 Å². The maximum Gasteiger partial charge on any atom is 0.0451 e. The van der Waals surface area contributed by atoms with Crippen LogP contribution in [-0.2, 0) is 5.41 Å². The Labute approximate surface area is 236 Å². The number of rotatable bonds is 19. The molecule has 36 heavy (non-hydrogen) atoms. The van der Waals surface area contributed by atoms with Crippen molar-refractivity contribution in [2.24, 2.45) is 0 Å². The van der Waals surface area contributed by atoms with Gasteiger partial charge in [0.05, 0.1) is 0 Å². The zero-order valence-corrected chi connectivity index (χ0v) is 25.3. The lowest BCUT2D eigenvalue weighted by Gasteiger charge is -2.36. The second-order valence-corrected chi connectivity index (χ2v) is 13.3. The zero-order chi connectivity index (χ0) is 25.2. The lowest BCUT2D eigenvalue weighted by molar-refractivity contribution is 0.491. The van der Waals surface area contributed by atoms with Crippen LogP contribution in [0.4, 0.5) is 0 Å². The van der Waals surface area contributed by atoms with Gasteiger partial charge in [-0.15, -0.1) is 0 Å². The Hall–Kier alpha value is -1.18. The summed E-state index contributed by atoms with van der Waals surface area (Å²) in [6.07, 6.45) is 22.0. The van der Waals surface area contributed by atoms with E-state index in [4.69, 9.17) is 0 Å². The van der Waals surface area contributed by atoms with E-state index in [2.05, 4.69) is 113 Å². The minimum absolute atomic E-state index is 0.0830. The first-order valence-corrected chi connectivity index (χ1v) is 18.7. The molecule has 0 spiro atoms. The van der Waals surface area contributed by atoms with E-state index in [1.54, 1.807) is 0 Å². The summed E-state index contributed by atoms with van der Waals surface area (Å²) < 4.78 is 0. The second-order valence-electron chi connectivity index (χ2n) is 10.2. The summed E-state index contributed by atoms with van der Waals surface area (Å²) >= 11 is 2.52. The number of hydrogen-bond donors (Lipinski definition) is 0. The van der Waals surface area contributed by atoms with Gasteiger partial charge in [-0.2, -0.15) is 0 Å². The fraction of sp³-hybridized carbons (Fsp3) is 0.471. The average Bonchev–Trinajstić information content (AvgIpc) is 2.94. The van der Waals surface area contributed by atoms with Gasteiger partial charge in [0.1, 0.15) is 0 Å². The topological polar surface area (TPSA) is 0 Å². The van der Waals surface area contributed by atoms with Crippen molar-refractivity contribution in [1.29, 1.82) is 0 Å². The van der Waals surface area contributed by atoms with E-state index < -0.39 is 0 Å². The van der Waals surface area contributed by atoms with Crippen molar-refractivity contribution >= 4 is 28.3 Å². The van der Waals surface area contributed by atoms with Gasteiger partial charge in [0.2, 0.25) is 0 Å². The third kappa shape index (κ3) is 9.60. The molecule has 3 aromatic carbocycles. The Bertz CT molecular complexity index is 813. The van der Waals surface area contributed by atoms with Crippen LogP contribution in [0.5, 0.6) is 0 Å². The van der Waals surface area contributed by atoms with Gasteiger partial charge >= 0.3 is 0 Å². The highest BCUT2D eigenvalue weighted by atomic mass is 127. The van der Waals surface area contributed by atoms with Gasteiger partial charge in [0.15, 0.2) is 0 Å². The molecule has 0 aliphatic rings. The molecule has 0 aromatic heterocycles. The van der Waals surface area contributed by atoms with Crippen LogP contribution in [0.3, 0.4) is 0 Å². The van der Waals surface area contributed by atoms with Gasteiger partial charge in [0, 0.05) is 5.41 Å². The monoisotopic (exact) mass is 612 g/mol. The summed E-state index contributed by atoms with van der Waals surface area (Å²) in [5.41, 5.74) is 4.15. The number of benzene rings is 3. The molecule has 0 aliphatic carbocycles. The molecule has 3 aromatic rings. The van der Waals surface area contributed by atoms with Crippen molar-refractivity contribution < 1.29 is 0 Å². The van der Waals surface area contributed by atoms with Gasteiger partial charge in [-0.25, -0.2) is 0 Å². The molecular formula is C34H46IP. The van der Waals surface area contributed by atoms with Crippen molar-refractivity contribution in [2.75, 3.05) is 6.16 Å². The Morgan fingerprint density at radius 1 is 0.417 bits per heavy atom. The van der Waals surface area contributed by atoms with Gasteiger partial charge in [0.25, 0.3) is 0 Å².